The minimum Gasteiger partial charge on any atom is -0.354 e. The Morgan fingerprint density at radius 1 is 0.947 bits per heavy atom. The maximum atomic E-state index is 13.9. The lowest BCUT2D eigenvalue weighted by molar-refractivity contribution is -0.139. The van der Waals surface area contributed by atoms with Crippen LogP contribution in [-0.2, 0) is 26.2 Å². The van der Waals surface area contributed by atoms with E-state index in [9.17, 15) is 18.0 Å². The van der Waals surface area contributed by atoms with Crippen molar-refractivity contribution < 1.29 is 18.0 Å². The molecule has 202 valence electrons. The molecule has 1 N–H and O–H groups in total. The van der Waals surface area contributed by atoms with Crippen LogP contribution in [0.3, 0.4) is 0 Å². The third-order valence-electron chi connectivity index (χ3n) is 6.35. The number of nitrogens with zero attached hydrogens (tertiary/aromatic N) is 2. The van der Waals surface area contributed by atoms with Gasteiger partial charge in [-0.15, -0.1) is 0 Å². The number of nitrogens with one attached hydrogen (secondary N) is 1. The van der Waals surface area contributed by atoms with Gasteiger partial charge in [-0.3, -0.25) is 13.9 Å². The molecule has 0 fully saturated rings. The van der Waals surface area contributed by atoms with E-state index < -0.39 is 28.5 Å². The largest absolute Gasteiger partial charge is 0.354 e. The van der Waals surface area contributed by atoms with E-state index in [2.05, 4.69) is 21.2 Å². The van der Waals surface area contributed by atoms with Crippen LogP contribution in [0, 0.1) is 13.8 Å². The molecule has 0 saturated carbocycles. The number of sulfonamides is 1. The molecular weight excluding hydrogens is 566 g/mol. The van der Waals surface area contributed by atoms with Gasteiger partial charge in [0.25, 0.3) is 10.0 Å². The van der Waals surface area contributed by atoms with E-state index in [0.29, 0.717) is 12.2 Å². The maximum Gasteiger partial charge on any atom is 0.264 e. The highest BCUT2D eigenvalue weighted by Crippen LogP contribution is 2.26. The van der Waals surface area contributed by atoms with E-state index in [4.69, 9.17) is 0 Å². The van der Waals surface area contributed by atoms with Crippen molar-refractivity contribution in [3.05, 3.63) is 94.0 Å². The Balaban J connectivity index is 2.03. The summed E-state index contributed by atoms with van der Waals surface area (Å²) >= 11 is 3.45. The molecule has 38 heavy (non-hydrogen) atoms. The first-order valence-electron chi connectivity index (χ1n) is 12.5. The molecule has 0 spiro atoms. The first-order valence-corrected chi connectivity index (χ1v) is 14.7. The molecule has 9 heteroatoms. The Morgan fingerprint density at radius 3 is 2.29 bits per heavy atom. The first kappa shape index (κ1) is 29.4. The van der Waals surface area contributed by atoms with Crippen molar-refractivity contribution in [2.45, 2.75) is 51.6 Å². The van der Waals surface area contributed by atoms with Crippen LogP contribution in [0.2, 0.25) is 0 Å². The maximum absolute atomic E-state index is 13.9. The number of carbonyl (C=O) groups is 2. The molecule has 3 rings (SSSR count). The summed E-state index contributed by atoms with van der Waals surface area (Å²) < 4.78 is 29.6. The molecule has 0 saturated heterocycles. The van der Waals surface area contributed by atoms with Gasteiger partial charge >= 0.3 is 0 Å². The molecular formula is C29H34BrN3O4S. The van der Waals surface area contributed by atoms with Gasteiger partial charge in [0, 0.05) is 17.6 Å². The van der Waals surface area contributed by atoms with Crippen LogP contribution in [0.4, 0.5) is 5.69 Å². The molecule has 0 aromatic heterocycles. The molecule has 1 atom stereocenters. The minimum atomic E-state index is -4.07. The van der Waals surface area contributed by atoms with E-state index in [-0.39, 0.29) is 17.3 Å². The Morgan fingerprint density at radius 2 is 1.66 bits per heavy atom. The standard InChI is InChI=1S/C29H34BrN3O4S/c1-5-16-31-29(35)23(4)32(19-24-10-9-11-25(30)18-24)28(34)20-33(26-15-14-21(2)22(3)17-26)38(36,37)27-12-7-6-8-13-27/h6-15,17-18,23H,5,16,19-20H2,1-4H3,(H,31,35)/t23-/m1/s1. The Labute approximate surface area is 234 Å². The second-order valence-electron chi connectivity index (χ2n) is 9.21. The van der Waals surface area contributed by atoms with Crippen LogP contribution < -0.4 is 9.62 Å². The summed E-state index contributed by atoms with van der Waals surface area (Å²) in [7, 11) is -4.07. The summed E-state index contributed by atoms with van der Waals surface area (Å²) in [6.07, 6.45) is 0.758. The van der Waals surface area contributed by atoms with Crippen LogP contribution in [-0.4, -0.2) is 44.3 Å². The number of halogens is 1. The van der Waals surface area contributed by atoms with E-state index in [1.54, 1.807) is 37.3 Å². The zero-order valence-corrected chi connectivity index (χ0v) is 24.6. The van der Waals surface area contributed by atoms with Crippen molar-refractivity contribution in [3.63, 3.8) is 0 Å². The van der Waals surface area contributed by atoms with Gasteiger partial charge in [-0.1, -0.05) is 59.3 Å². The number of aryl methyl sites for hydroxylation is 2. The molecule has 2 amide bonds. The molecule has 3 aromatic rings. The SMILES string of the molecule is CCCNC(=O)[C@@H](C)N(Cc1cccc(Br)c1)C(=O)CN(c1ccc(C)c(C)c1)S(=O)(=O)c1ccccc1. The van der Waals surface area contributed by atoms with Crippen molar-refractivity contribution in [3.8, 4) is 0 Å². The third-order valence-corrected chi connectivity index (χ3v) is 8.63. The van der Waals surface area contributed by atoms with Crippen LogP contribution in [0.5, 0.6) is 0 Å². The smallest absolute Gasteiger partial charge is 0.264 e. The number of benzene rings is 3. The number of amides is 2. The second kappa shape index (κ2) is 13.1. The van der Waals surface area contributed by atoms with E-state index >= 15 is 0 Å². The molecule has 0 aliphatic carbocycles. The Bertz CT molecular complexity index is 1380. The highest BCUT2D eigenvalue weighted by molar-refractivity contribution is 9.10. The topological polar surface area (TPSA) is 86.8 Å². The molecule has 0 aliphatic rings. The third kappa shape index (κ3) is 7.23. The summed E-state index contributed by atoms with van der Waals surface area (Å²) in [5.41, 5.74) is 3.11. The van der Waals surface area contributed by atoms with Crippen LogP contribution in [0.1, 0.15) is 37.0 Å². The summed E-state index contributed by atoms with van der Waals surface area (Å²) in [6.45, 7) is 7.62. The lowest BCUT2D eigenvalue weighted by Crippen LogP contribution is -2.51. The van der Waals surface area contributed by atoms with Crippen molar-refractivity contribution in [2.24, 2.45) is 0 Å². The van der Waals surface area contributed by atoms with Gasteiger partial charge in [0.1, 0.15) is 12.6 Å². The molecule has 0 unspecified atom stereocenters. The second-order valence-corrected chi connectivity index (χ2v) is 12.0. The van der Waals surface area contributed by atoms with Gasteiger partial charge in [-0.05, 0) is 80.3 Å². The molecule has 0 heterocycles. The van der Waals surface area contributed by atoms with E-state index in [0.717, 1.165) is 31.9 Å². The number of rotatable bonds is 11. The number of hydrogen-bond donors (Lipinski definition) is 1. The monoisotopic (exact) mass is 599 g/mol. The van der Waals surface area contributed by atoms with Gasteiger partial charge in [-0.2, -0.15) is 0 Å². The first-order chi connectivity index (χ1) is 18.0. The van der Waals surface area contributed by atoms with Crippen molar-refractivity contribution >= 4 is 43.5 Å². The highest BCUT2D eigenvalue weighted by atomic mass is 79.9. The fourth-order valence-corrected chi connectivity index (χ4v) is 5.81. The van der Waals surface area contributed by atoms with Crippen LogP contribution in [0.15, 0.2) is 82.2 Å². The Hall–Kier alpha value is -3.17. The van der Waals surface area contributed by atoms with Crippen LogP contribution in [0.25, 0.3) is 0 Å². The number of hydrogen-bond acceptors (Lipinski definition) is 4. The van der Waals surface area contributed by atoms with Gasteiger partial charge in [0.05, 0.1) is 10.6 Å². The van der Waals surface area contributed by atoms with Gasteiger partial charge in [-0.25, -0.2) is 8.42 Å². The van der Waals surface area contributed by atoms with Crippen molar-refractivity contribution in [1.82, 2.24) is 10.2 Å². The van der Waals surface area contributed by atoms with Crippen LogP contribution >= 0.6 is 15.9 Å². The van der Waals surface area contributed by atoms with E-state index in [1.165, 1.54) is 17.0 Å². The Kier molecular flexibility index (Phi) is 10.1. The molecule has 0 aliphatic heterocycles. The van der Waals surface area contributed by atoms with Crippen molar-refractivity contribution in [1.29, 1.82) is 0 Å². The van der Waals surface area contributed by atoms with Gasteiger partial charge in [0.15, 0.2) is 0 Å². The normalized spacial score (nSPS) is 12.0. The molecule has 0 radical (unpaired) electrons. The fraction of sp³-hybridized carbons (Fsp3) is 0.310. The number of anilines is 1. The lowest BCUT2D eigenvalue weighted by atomic mass is 10.1. The zero-order chi connectivity index (χ0) is 27.9. The predicted octanol–water partition coefficient (Wildman–Crippen LogP) is 5.20. The average Bonchev–Trinajstić information content (AvgIpc) is 2.90. The minimum absolute atomic E-state index is 0.0818. The predicted molar refractivity (Wildman–Crippen MR) is 154 cm³/mol. The summed E-state index contributed by atoms with van der Waals surface area (Å²) in [5.74, 6) is -0.777. The van der Waals surface area contributed by atoms with Gasteiger partial charge < -0.3 is 10.2 Å². The summed E-state index contributed by atoms with van der Waals surface area (Å²) in [4.78, 5) is 28.3. The quantitative estimate of drug-likeness (QED) is 0.328. The highest BCUT2D eigenvalue weighted by Gasteiger charge is 2.32. The lowest BCUT2D eigenvalue weighted by Gasteiger charge is -2.32. The zero-order valence-electron chi connectivity index (χ0n) is 22.1. The number of carbonyl (C=O) groups excluding carboxylic acids is 2. The van der Waals surface area contributed by atoms with Gasteiger partial charge in [0.2, 0.25) is 11.8 Å². The average molecular weight is 601 g/mol. The van der Waals surface area contributed by atoms with Crippen molar-refractivity contribution in [2.75, 3.05) is 17.4 Å². The summed E-state index contributed by atoms with van der Waals surface area (Å²) in [6, 6.07) is 20.0. The summed E-state index contributed by atoms with van der Waals surface area (Å²) in [5, 5.41) is 2.85. The molecule has 7 nitrogen and oxygen atoms in total. The van der Waals surface area contributed by atoms with E-state index in [1.807, 2.05) is 51.1 Å². The fourth-order valence-electron chi connectivity index (χ4n) is 3.94. The molecule has 0 bridgehead atoms. The molecule has 3 aromatic carbocycles.